The lowest BCUT2D eigenvalue weighted by atomic mass is 10.3. The fraction of sp³-hybridized carbons (Fsp3) is 0. The van der Waals surface area contributed by atoms with Crippen molar-refractivity contribution in [3.8, 4) is 0 Å². The molecule has 0 aliphatic rings. The lowest BCUT2D eigenvalue weighted by Gasteiger charge is -1.84. The fourth-order valence-corrected chi connectivity index (χ4v) is 0.556. The number of carboxylic acid groups (broad SMARTS) is 1. The molecule has 0 aliphatic carbocycles. The Kier molecular flexibility index (Phi) is 2.94. The summed E-state index contributed by atoms with van der Waals surface area (Å²) in [5.74, 6) is -1.16. The normalized spacial score (nSPS) is 8.36. The molecule has 0 bridgehead atoms. The van der Waals surface area contributed by atoms with E-state index in [1.54, 1.807) is 0 Å². The van der Waals surface area contributed by atoms with E-state index in [-0.39, 0.29) is 16.7 Å². The molecule has 0 spiro atoms. The van der Waals surface area contributed by atoms with Crippen LogP contribution in [0.5, 0.6) is 0 Å². The van der Waals surface area contributed by atoms with Crippen LogP contribution in [0.2, 0.25) is 0 Å². The lowest BCUT2D eigenvalue weighted by molar-refractivity contribution is 0.0694. The summed E-state index contributed by atoms with van der Waals surface area (Å²) in [6, 6.07) is 0. The van der Waals surface area contributed by atoms with Gasteiger partial charge in [-0.15, -0.1) is 0 Å². The van der Waals surface area contributed by atoms with Crippen molar-refractivity contribution in [2.75, 3.05) is 0 Å². The van der Waals surface area contributed by atoms with Crippen molar-refractivity contribution in [1.82, 2.24) is 10.2 Å². The number of carbonyl (C=O) groups is 2. The maximum Gasteiger partial charge on any atom is 0.339 e. The van der Waals surface area contributed by atoms with Crippen LogP contribution in [0.3, 0.4) is 0 Å². The summed E-state index contributed by atoms with van der Waals surface area (Å²) in [6.45, 7) is 0. The topological polar surface area (TPSA) is 115 Å². The number of hydrogen-bond acceptors (Lipinski definition) is 3. The Morgan fingerprint density at radius 3 is 2.73 bits per heavy atom. The third-order valence-corrected chi connectivity index (χ3v) is 1.02. The van der Waals surface area contributed by atoms with E-state index in [1.165, 1.54) is 0 Å². The average Bonchev–Trinajstić information content (AvgIpc) is 2.33. The van der Waals surface area contributed by atoms with E-state index in [2.05, 4.69) is 10.2 Å². The third kappa shape index (κ3) is 1.62. The molecule has 0 radical (unpaired) electrons. The molecular formula is C5H6N2O4. The van der Waals surface area contributed by atoms with Crippen LogP contribution in [0.15, 0.2) is 6.20 Å². The number of hydrogen-bond donors (Lipinski definition) is 2. The van der Waals surface area contributed by atoms with Crippen LogP contribution >= 0.6 is 0 Å². The van der Waals surface area contributed by atoms with Crippen molar-refractivity contribution in [3.05, 3.63) is 17.5 Å². The summed E-state index contributed by atoms with van der Waals surface area (Å²) in [5, 5.41) is 14.0. The third-order valence-electron chi connectivity index (χ3n) is 1.02. The van der Waals surface area contributed by atoms with Crippen LogP contribution in [-0.2, 0) is 0 Å². The van der Waals surface area contributed by atoms with Crippen molar-refractivity contribution in [1.29, 1.82) is 0 Å². The van der Waals surface area contributed by atoms with Gasteiger partial charge in [-0.05, 0) is 0 Å². The second-order valence-corrected chi connectivity index (χ2v) is 1.62. The molecule has 0 atom stereocenters. The molecule has 0 fully saturated rings. The summed E-state index contributed by atoms with van der Waals surface area (Å²) in [6.07, 6.45) is 1.50. The first-order valence-electron chi connectivity index (χ1n) is 2.47. The van der Waals surface area contributed by atoms with Gasteiger partial charge in [0.1, 0.15) is 11.3 Å². The van der Waals surface area contributed by atoms with Gasteiger partial charge in [-0.25, -0.2) is 4.79 Å². The van der Waals surface area contributed by atoms with Crippen LogP contribution in [-0.4, -0.2) is 33.0 Å². The van der Waals surface area contributed by atoms with Gasteiger partial charge in [0.15, 0.2) is 6.29 Å². The minimum atomic E-state index is -1.16. The molecule has 1 heterocycles. The molecule has 0 amide bonds. The zero-order chi connectivity index (χ0) is 7.56. The Balaban J connectivity index is 0.000001000. The highest BCUT2D eigenvalue weighted by molar-refractivity contribution is 5.95. The highest BCUT2D eigenvalue weighted by Crippen LogP contribution is 1.99. The smallest absolute Gasteiger partial charge is 0.339 e. The maximum atomic E-state index is 10.2. The van der Waals surface area contributed by atoms with Crippen molar-refractivity contribution in [2.24, 2.45) is 0 Å². The summed E-state index contributed by atoms with van der Waals surface area (Å²) in [7, 11) is 0. The minimum absolute atomic E-state index is 0. The second kappa shape index (κ2) is 3.47. The molecule has 11 heavy (non-hydrogen) atoms. The van der Waals surface area contributed by atoms with E-state index >= 15 is 0 Å². The molecule has 0 saturated carbocycles. The van der Waals surface area contributed by atoms with E-state index in [4.69, 9.17) is 5.11 Å². The Hall–Kier alpha value is -1.69. The number of aromatic amines is 1. The van der Waals surface area contributed by atoms with Crippen LogP contribution in [0, 0.1) is 0 Å². The predicted octanol–water partition coefficient (Wildman–Crippen LogP) is -0.904. The van der Waals surface area contributed by atoms with Gasteiger partial charge in [0.05, 0.1) is 6.20 Å². The molecule has 1 rings (SSSR count). The molecule has 0 aliphatic heterocycles. The van der Waals surface area contributed by atoms with E-state index < -0.39 is 5.97 Å². The maximum absolute atomic E-state index is 10.2. The number of nitrogens with one attached hydrogen (secondary N) is 1. The lowest BCUT2D eigenvalue weighted by Crippen LogP contribution is -1.98. The Morgan fingerprint density at radius 2 is 2.36 bits per heavy atom. The summed E-state index contributed by atoms with van der Waals surface area (Å²) < 4.78 is 0. The van der Waals surface area contributed by atoms with Crippen molar-refractivity contribution in [2.45, 2.75) is 0 Å². The zero-order valence-electron chi connectivity index (χ0n) is 5.37. The number of nitrogens with zero attached hydrogens (tertiary/aromatic N) is 1. The monoisotopic (exact) mass is 158 g/mol. The number of H-pyrrole nitrogens is 1. The first-order chi connectivity index (χ1) is 4.75. The summed E-state index contributed by atoms with van der Waals surface area (Å²) >= 11 is 0. The van der Waals surface area contributed by atoms with Crippen LogP contribution in [0.25, 0.3) is 0 Å². The Labute approximate surface area is 61.2 Å². The van der Waals surface area contributed by atoms with Crippen LogP contribution in [0.4, 0.5) is 0 Å². The highest BCUT2D eigenvalue weighted by atomic mass is 16.4. The first-order valence-corrected chi connectivity index (χ1v) is 2.47. The molecule has 60 valence electrons. The van der Waals surface area contributed by atoms with E-state index in [9.17, 15) is 9.59 Å². The van der Waals surface area contributed by atoms with E-state index in [0.29, 0.717) is 6.29 Å². The van der Waals surface area contributed by atoms with Gasteiger partial charge < -0.3 is 10.6 Å². The Morgan fingerprint density at radius 1 is 1.73 bits per heavy atom. The van der Waals surface area contributed by atoms with Gasteiger partial charge in [-0.1, -0.05) is 0 Å². The summed E-state index contributed by atoms with van der Waals surface area (Å²) in [5.41, 5.74) is -0.109. The second-order valence-electron chi connectivity index (χ2n) is 1.62. The van der Waals surface area contributed by atoms with Crippen molar-refractivity contribution >= 4 is 12.3 Å². The zero-order valence-corrected chi connectivity index (χ0v) is 5.37. The van der Waals surface area contributed by atoms with Crippen molar-refractivity contribution < 1.29 is 20.2 Å². The number of aromatic nitrogens is 2. The number of aromatic carboxylic acids is 1. The first kappa shape index (κ1) is 9.31. The molecule has 0 unspecified atom stereocenters. The number of carbonyl (C=O) groups excluding carboxylic acids is 1. The van der Waals surface area contributed by atoms with E-state index in [0.717, 1.165) is 6.20 Å². The van der Waals surface area contributed by atoms with Crippen molar-refractivity contribution in [3.63, 3.8) is 0 Å². The van der Waals surface area contributed by atoms with Gasteiger partial charge in [0.2, 0.25) is 0 Å². The molecule has 1 aromatic rings. The molecular weight excluding hydrogens is 152 g/mol. The quantitative estimate of drug-likeness (QED) is 0.542. The van der Waals surface area contributed by atoms with Gasteiger partial charge in [0.25, 0.3) is 0 Å². The predicted molar refractivity (Wildman–Crippen MR) is 34.5 cm³/mol. The number of rotatable bonds is 2. The molecule has 0 saturated heterocycles. The van der Waals surface area contributed by atoms with Crippen LogP contribution < -0.4 is 0 Å². The fourth-order valence-electron chi connectivity index (χ4n) is 0.556. The number of aldehydes is 1. The van der Waals surface area contributed by atoms with Gasteiger partial charge in [-0.3, -0.25) is 9.89 Å². The molecule has 1 aromatic heterocycles. The SMILES string of the molecule is O.O=Cc1[nH]ncc1C(=O)O. The summed E-state index contributed by atoms with van der Waals surface area (Å²) in [4.78, 5) is 20.3. The standard InChI is InChI=1S/C5H4N2O3.H2O/c8-2-4-3(5(9)10)1-6-7-4;/h1-2H,(H,6,7)(H,9,10);1H2. The van der Waals surface area contributed by atoms with Crippen LogP contribution in [0.1, 0.15) is 20.8 Å². The minimum Gasteiger partial charge on any atom is -0.478 e. The van der Waals surface area contributed by atoms with E-state index in [1.807, 2.05) is 0 Å². The average molecular weight is 158 g/mol. The number of carboxylic acids is 1. The van der Waals surface area contributed by atoms with Gasteiger partial charge in [0, 0.05) is 0 Å². The molecule has 6 nitrogen and oxygen atoms in total. The molecule has 0 aromatic carbocycles. The van der Waals surface area contributed by atoms with Gasteiger partial charge in [-0.2, -0.15) is 5.10 Å². The largest absolute Gasteiger partial charge is 0.478 e. The molecule has 4 N–H and O–H groups in total. The van der Waals surface area contributed by atoms with Gasteiger partial charge >= 0.3 is 5.97 Å². The Bertz CT molecular complexity index is 267. The molecule has 6 heteroatoms. The highest BCUT2D eigenvalue weighted by Gasteiger charge is 2.09.